The highest BCUT2D eigenvalue weighted by Gasteiger charge is 2.30. The third kappa shape index (κ3) is 2.18. The molecule has 1 aliphatic heterocycles. The first-order chi connectivity index (χ1) is 7.79. The molecule has 1 nitrogen and oxygen atoms in total. The third-order valence-corrected chi connectivity index (χ3v) is 3.51. The summed E-state index contributed by atoms with van der Waals surface area (Å²) in [5.74, 6) is 0. The fourth-order valence-electron chi connectivity index (χ4n) is 2.84. The quantitative estimate of drug-likeness (QED) is 0.699. The zero-order valence-electron chi connectivity index (χ0n) is 10.4. The third-order valence-electron chi connectivity index (χ3n) is 3.51. The molecule has 1 heteroatoms. The van der Waals surface area contributed by atoms with Crippen LogP contribution in [-0.2, 0) is 6.42 Å². The Balaban J connectivity index is 2.27. The first kappa shape index (κ1) is 11.4. The van der Waals surface area contributed by atoms with E-state index in [0.717, 1.165) is 0 Å². The van der Waals surface area contributed by atoms with E-state index in [1.54, 1.807) is 0 Å². The van der Waals surface area contributed by atoms with Gasteiger partial charge in [-0.1, -0.05) is 44.9 Å². The van der Waals surface area contributed by atoms with E-state index in [-0.39, 0.29) is 0 Å². The summed E-state index contributed by atoms with van der Waals surface area (Å²) in [6.45, 7) is 4.54. The molecule has 1 heterocycles. The number of fused-ring (bicyclic) bond motifs is 1. The molecule has 0 bridgehead atoms. The van der Waals surface area contributed by atoms with E-state index in [2.05, 4.69) is 49.3 Å². The van der Waals surface area contributed by atoms with Gasteiger partial charge in [-0.25, -0.2) is 0 Å². The zero-order valence-corrected chi connectivity index (χ0v) is 10.4. The molecule has 0 fully saturated rings. The summed E-state index contributed by atoms with van der Waals surface area (Å²) < 4.78 is 0. The molecule has 0 saturated heterocycles. The molecule has 16 heavy (non-hydrogen) atoms. The van der Waals surface area contributed by atoms with Crippen LogP contribution in [0.4, 0.5) is 5.69 Å². The van der Waals surface area contributed by atoms with Gasteiger partial charge in [0.15, 0.2) is 0 Å². The highest BCUT2D eigenvalue weighted by atomic mass is 14.8. The highest BCUT2D eigenvalue weighted by Crippen LogP contribution is 2.38. The number of rotatable bonds is 4. The van der Waals surface area contributed by atoms with Gasteiger partial charge in [0, 0.05) is 11.6 Å². The van der Waals surface area contributed by atoms with Gasteiger partial charge in [0.1, 0.15) is 0 Å². The Morgan fingerprint density at radius 1 is 1.12 bits per heavy atom. The lowest BCUT2D eigenvalue weighted by atomic mass is 9.74. The Morgan fingerprint density at radius 3 is 2.50 bits per heavy atom. The summed E-state index contributed by atoms with van der Waals surface area (Å²) in [5.41, 5.74) is 2.93. The lowest BCUT2D eigenvalue weighted by Crippen LogP contribution is -2.27. The van der Waals surface area contributed by atoms with Gasteiger partial charge in [0.05, 0.1) is 5.69 Å². The van der Waals surface area contributed by atoms with Crippen LogP contribution in [-0.4, -0.2) is 6.21 Å². The Bertz CT molecular complexity index is 373. The SMILES string of the molecule is CCCC1(CCC)C=Nc2ccccc2C1. The molecule has 1 aromatic carbocycles. The summed E-state index contributed by atoms with van der Waals surface area (Å²) in [6, 6.07) is 8.55. The maximum absolute atomic E-state index is 4.66. The van der Waals surface area contributed by atoms with E-state index in [1.807, 2.05) is 0 Å². The van der Waals surface area contributed by atoms with Crippen LogP contribution in [0.25, 0.3) is 0 Å². The van der Waals surface area contributed by atoms with Crippen LogP contribution in [0.15, 0.2) is 29.3 Å². The summed E-state index contributed by atoms with van der Waals surface area (Å²) in [4.78, 5) is 4.66. The number of hydrogen-bond acceptors (Lipinski definition) is 1. The predicted molar refractivity (Wildman–Crippen MR) is 70.5 cm³/mol. The molecule has 0 N–H and O–H groups in total. The van der Waals surface area contributed by atoms with Gasteiger partial charge in [-0.2, -0.15) is 0 Å². The Morgan fingerprint density at radius 2 is 1.81 bits per heavy atom. The lowest BCUT2D eigenvalue weighted by molar-refractivity contribution is 0.350. The van der Waals surface area contributed by atoms with Crippen LogP contribution in [0.3, 0.4) is 0 Å². The largest absolute Gasteiger partial charge is 0.260 e. The first-order valence-corrected chi connectivity index (χ1v) is 6.43. The molecule has 0 aromatic heterocycles. The molecule has 2 rings (SSSR count). The van der Waals surface area contributed by atoms with Crippen molar-refractivity contribution < 1.29 is 0 Å². The average molecular weight is 215 g/mol. The van der Waals surface area contributed by atoms with Crippen molar-refractivity contribution in [3.05, 3.63) is 29.8 Å². The standard InChI is InChI=1S/C15H21N/c1-3-9-15(10-4-2)11-13-7-5-6-8-14(13)16-12-15/h5-8,12H,3-4,9-11H2,1-2H3. The van der Waals surface area contributed by atoms with E-state index >= 15 is 0 Å². The molecular weight excluding hydrogens is 194 g/mol. The van der Waals surface area contributed by atoms with Gasteiger partial charge in [-0.3, -0.25) is 4.99 Å². The van der Waals surface area contributed by atoms with Crippen molar-refractivity contribution in [2.75, 3.05) is 0 Å². The average Bonchev–Trinajstić information content (AvgIpc) is 2.30. The predicted octanol–water partition coefficient (Wildman–Crippen LogP) is 4.53. The van der Waals surface area contributed by atoms with Gasteiger partial charge in [-0.15, -0.1) is 0 Å². The van der Waals surface area contributed by atoms with Crippen LogP contribution >= 0.6 is 0 Å². The van der Waals surface area contributed by atoms with Gasteiger partial charge < -0.3 is 0 Å². The van der Waals surface area contributed by atoms with Gasteiger partial charge >= 0.3 is 0 Å². The van der Waals surface area contributed by atoms with E-state index in [9.17, 15) is 0 Å². The monoisotopic (exact) mass is 215 g/mol. The Kier molecular flexibility index (Phi) is 3.42. The van der Waals surface area contributed by atoms with Crippen molar-refractivity contribution in [3.8, 4) is 0 Å². The number of aliphatic imine (C=N–C) groups is 1. The maximum Gasteiger partial charge on any atom is 0.0658 e. The molecule has 0 radical (unpaired) electrons. The second-order valence-corrected chi connectivity index (χ2v) is 4.93. The van der Waals surface area contributed by atoms with Crippen molar-refractivity contribution >= 4 is 11.9 Å². The summed E-state index contributed by atoms with van der Waals surface area (Å²) in [7, 11) is 0. The van der Waals surface area contributed by atoms with Crippen LogP contribution < -0.4 is 0 Å². The van der Waals surface area contributed by atoms with Crippen LogP contribution in [0.5, 0.6) is 0 Å². The fraction of sp³-hybridized carbons (Fsp3) is 0.533. The van der Waals surface area contributed by atoms with Crippen LogP contribution in [0.2, 0.25) is 0 Å². The van der Waals surface area contributed by atoms with Crippen molar-refractivity contribution in [1.82, 2.24) is 0 Å². The topological polar surface area (TPSA) is 12.4 Å². The minimum absolute atomic E-state index is 0.331. The molecule has 1 aliphatic rings. The number of nitrogens with zero attached hydrogens (tertiary/aromatic N) is 1. The first-order valence-electron chi connectivity index (χ1n) is 6.43. The molecule has 0 atom stereocenters. The van der Waals surface area contributed by atoms with Gasteiger partial charge in [0.2, 0.25) is 0 Å². The van der Waals surface area contributed by atoms with Crippen molar-refractivity contribution in [1.29, 1.82) is 0 Å². The summed E-state index contributed by atoms with van der Waals surface area (Å²) >= 11 is 0. The van der Waals surface area contributed by atoms with Crippen molar-refractivity contribution in [2.45, 2.75) is 46.0 Å². The Labute approximate surface area is 98.6 Å². The normalized spacial score (nSPS) is 17.1. The summed E-state index contributed by atoms with van der Waals surface area (Å²) in [5, 5.41) is 0. The molecule has 0 amide bonds. The minimum Gasteiger partial charge on any atom is -0.260 e. The van der Waals surface area contributed by atoms with Crippen LogP contribution in [0, 0.1) is 5.41 Å². The van der Waals surface area contributed by atoms with E-state index in [4.69, 9.17) is 0 Å². The van der Waals surface area contributed by atoms with E-state index in [1.165, 1.54) is 43.4 Å². The fourth-order valence-corrected chi connectivity index (χ4v) is 2.84. The van der Waals surface area contributed by atoms with Gasteiger partial charge in [-0.05, 0) is 30.9 Å². The number of para-hydroxylation sites is 1. The van der Waals surface area contributed by atoms with Gasteiger partial charge in [0.25, 0.3) is 0 Å². The molecule has 0 spiro atoms. The maximum atomic E-state index is 4.66. The molecule has 0 saturated carbocycles. The van der Waals surface area contributed by atoms with Crippen LogP contribution in [0.1, 0.15) is 45.1 Å². The van der Waals surface area contributed by atoms with Crippen molar-refractivity contribution in [3.63, 3.8) is 0 Å². The molecule has 0 aliphatic carbocycles. The van der Waals surface area contributed by atoms with E-state index < -0.39 is 0 Å². The molecule has 0 unspecified atom stereocenters. The highest BCUT2D eigenvalue weighted by molar-refractivity contribution is 5.74. The van der Waals surface area contributed by atoms with E-state index in [0.29, 0.717) is 5.41 Å². The Hall–Kier alpha value is -1.11. The zero-order chi connectivity index (χ0) is 11.4. The summed E-state index contributed by atoms with van der Waals surface area (Å²) in [6.07, 6.45) is 8.41. The number of benzene rings is 1. The second kappa shape index (κ2) is 4.82. The van der Waals surface area contributed by atoms with Crippen molar-refractivity contribution in [2.24, 2.45) is 10.4 Å². The second-order valence-electron chi connectivity index (χ2n) is 4.93. The molecule has 1 aromatic rings. The lowest BCUT2D eigenvalue weighted by Gasteiger charge is -2.33. The molecular formula is C15H21N. The molecule has 86 valence electrons. The minimum atomic E-state index is 0.331. The smallest absolute Gasteiger partial charge is 0.0658 e. The number of hydrogen-bond donors (Lipinski definition) is 0.